The van der Waals surface area contributed by atoms with Crippen molar-refractivity contribution >= 4 is 42.4 Å². The first-order valence-electron chi connectivity index (χ1n) is 25.8. The van der Waals surface area contributed by atoms with Crippen LogP contribution in [0.3, 0.4) is 0 Å². The summed E-state index contributed by atoms with van der Waals surface area (Å²) in [7, 11) is -1.63. The summed E-state index contributed by atoms with van der Waals surface area (Å²) < 4.78 is 7.72. The van der Waals surface area contributed by atoms with Crippen molar-refractivity contribution in [3.8, 4) is 11.5 Å². The standard InChI is InChI=1S/C59H82N4OP2/c1-11-60(12-2)41-45-25-33-49(34-26-45)65(50-35-27-46(28-36-50)42-61(13-3)14-4)55-23-19-21-53-57(55)64-58-54(59(53,9)10)22-20-24-56(58)66(51-37-29-47(30-38-51)43-62(15-5)16-6)52-39-31-48(32-40-52)44-63(17-7)18-8/h19-30,33-38,48,52H,11-18,31-32,39-44H2,1-10H3. The van der Waals surface area contributed by atoms with E-state index in [-0.39, 0.29) is 5.41 Å². The third kappa shape index (κ3) is 11.5. The molecule has 1 saturated carbocycles. The lowest BCUT2D eigenvalue weighted by atomic mass is 9.76. The SMILES string of the molecule is CCN(CC)Cc1ccc(P(c2ccc(CN(CC)CC)cc2)c2cccc3c2Oc2c(P(c4ccc(CN(CC)CC)cc4)C4CCC(CN(CC)CC)CC4)cccc2C3(C)C)cc1. The van der Waals surface area contributed by atoms with Gasteiger partial charge < -0.3 is 9.64 Å². The van der Waals surface area contributed by atoms with E-state index in [0.29, 0.717) is 5.66 Å². The first-order chi connectivity index (χ1) is 32.1. The number of fused-ring (bicyclic) bond motifs is 2. The highest BCUT2D eigenvalue weighted by Gasteiger charge is 2.41. The van der Waals surface area contributed by atoms with Crippen LogP contribution in [0.4, 0.5) is 0 Å². The van der Waals surface area contributed by atoms with E-state index in [4.69, 9.17) is 4.74 Å². The van der Waals surface area contributed by atoms with Crippen LogP contribution in [0.2, 0.25) is 0 Å². The van der Waals surface area contributed by atoms with E-state index >= 15 is 0 Å². The van der Waals surface area contributed by atoms with Crippen LogP contribution in [0.5, 0.6) is 11.5 Å². The Labute approximate surface area is 403 Å². The van der Waals surface area contributed by atoms with Crippen molar-refractivity contribution in [2.24, 2.45) is 5.92 Å². The summed E-state index contributed by atoms with van der Waals surface area (Å²) in [6.07, 6.45) is 5.15. The minimum absolute atomic E-state index is 0.243. The van der Waals surface area contributed by atoms with E-state index in [1.165, 1.54) is 86.6 Å². The number of ether oxygens (including phenoxy) is 1. The second-order valence-corrected chi connectivity index (χ2v) is 23.9. The van der Waals surface area contributed by atoms with Crippen LogP contribution in [-0.4, -0.2) is 84.2 Å². The van der Waals surface area contributed by atoms with Crippen LogP contribution in [0.15, 0.2) is 109 Å². The zero-order valence-electron chi connectivity index (χ0n) is 42.5. The lowest BCUT2D eigenvalue weighted by Gasteiger charge is -2.40. The Balaban J connectivity index is 1.32. The van der Waals surface area contributed by atoms with Gasteiger partial charge in [0.15, 0.2) is 0 Å². The Morgan fingerprint density at radius 1 is 0.455 bits per heavy atom. The maximum Gasteiger partial charge on any atom is 0.139 e. The van der Waals surface area contributed by atoms with Gasteiger partial charge in [-0.3, -0.25) is 14.7 Å². The summed E-state index contributed by atoms with van der Waals surface area (Å²) >= 11 is 0. The number of hydrogen-bond acceptors (Lipinski definition) is 5. The molecule has 1 unspecified atom stereocenters. The quantitative estimate of drug-likeness (QED) is 0.0643. The van der Waals surface area contributed by atoms with E-state index in [0.717, 1.165) is 89.4 Å². The monoisotopic (exact) mass is 925 g/mol. The van der Waals surface area contributed by atoms with E-state index < -0.39 is 15.8 Å². The molecule has 7 heteroatoms. The summed E-state index contributed by atoms with van der Waals surface area (Å²) in [6, 6.07) is 43.2. The van der Waals surface area contributed by atoms with Gasteiger partial charge >= 0.3 is 0 Å². The fourth-order valence-corrected chi connectivity index (χ4v) is 16.0. The van der Waals surface area contributed by atoms with Crippen LogP contribution in [0.1, 0.15) is 123 Å². The molecule has 7 rings (SSSR count). The molecule has 0 radical (unpaired) electrons. The molecule has 1 heterocycles. The molecular formula is C59H82N4OP2. The first-order valence-corrected chi connectivity index (χ1v) is 28.5. The number of rotatable bonds is 22. The maximum absolute atomic E-state index is 7.72. The molecule has 354 valence electrons. The van der Waals surface area contributed by atoms with Crippen LogP contribution in [0.25, 0.3) is 0 Å². The highest BCUT2D eigenvalue weighted by Crippen LogP contribution is 2.55. The Bertz CT molecular complexity index is 2190. The molecule has 1 aliphatic carbocycles. The summed E-state index contributed by atoms with van der Waals surface area (Å²) in [5.41, 5.74) is 7.11. The second-order valence-electron chi connectivity index (χ2n) is 19.3. The minimum atomic E-state index is -0.937. The zero-order valence-corrected chi connectivity index (χ0v) is 44.2. The van der Waals surface area contributed by atoms with E-state index in [9.17, 15) is 0 Å². The van der Waals surface area contributed by atoms with E-state index in [1.54, 1.807) is 0 Å². The highest BCUT2D eigenvalue weighted by molar-refractivity contribution is 7.80. The molecule has 1 aliphatic heterocycles. The number of hydrogen-bond donors (Lipinski definition) is 0. The molecule has 0 aromatic heterocycles. The van der Waals surface area contributed by atoms with Crippen LogP contribution >= 0.6 is 15.8 Å². The number of para-hydroxylation sites is 2. The molecular weight excluding hydrogens is 843 g/mol. The van der Waals surface area contributed by atoms with Gasteiger partial charge in [0.25, 0.3) is 0 Å². The fourth-order valence-electron chi connectivity index (χ4n) is 10.6. The molecule has 1 atom stereocenters. The van der Waals surface area contributed by atoms with Crippen molar-refractivity contribution in [1.82, 2.24) is 19.6 Å². The van der Waals surface area contributed by atoms with Crippen molar-refractivity contribution in [2.45, 2.75) is 126 Å². The Kier molecular flexibility index (Phi) is 18.2. The molecule has 0 N–H and O–H groups in total. The summed E-state index contributed by atoms with van der Waals surface area (Å²) in [6.45, 7) is 35.9. The van der Waals surface area contributed by atoms with Crippen molar-refractivity contribution in [1.29, 1.82) is 0 Å². The predicted molar refractivity (Wildman–Crippen MR) is 290 cm³/mol. The molecule has 2 aliphatic rings. The van der Waals surface area contributed by atoms with Gasteiger partial charge in [0.2, 0.25) is 0 Å². The summed E-state index contributed by atoms with van der Waals surface area (Å²) in [5.74, 6) is 2.96. The zero-order chi connectivity index (χ0) is 46.8. The lowest BCUT2D eigenvalue weighted by Crippen LogP contribution is -2.35. The molecule has 5 aromatic rings. The van der Waals surface area contributed by atoms with Gasteiger partial charge in [0.05, 0.1) is 0 Å². The third-order valence-electron chi connectivity index (χ3n) is 15.1. The fraction of sp³-hybridized carbons (Fsp3) is 0.492. The van der Waals surface area contributed by atoms with E-state index in [1.807, 2.05) is 0 Å². The summed E-state index contributed by atoms with van der Waals surface area (Å²) in [4.78, 5) is 10.2. The van der Waals surface area contributed by atoms with Gasteiger partial charge in [-0.15, -0.1) is 0 Å². The van der Waals surface area contributed by atoms with Crippen molar-refractivity contribution in [3.63, 3.8) is 0 Å². The number of nitrogens with zero attached hydrogens (tertiary/aromatic N) is 4. The van der Waals surface area contributed by atoms with Gasteiger partial charge in [0, 0.05) is 53.3 Å². The molecule has 66 heavy (non-hydrogen) atoms. The molecule has 0 spiro atoms. The first kappa shape index (κ1) is 50.5. The third-order valence-corrected chi connectivity index (χ3v) is 20.6. The van der Waals surface area contributed by atoms with Crippen molar-refractivity contribution in [3.05, 3.63) is 137 Å². The Morgan fingerprint density at radius 3 is 1.24 bits per heavy atom. The van der Waals surface area contributed by atoms with Crippen LogP contribution in [0, 0.1) is 5.92 Å². The second kappa shape index (κ2) is 23.7. The molecule has 0 saturated heterocycles. The highest BCUT2D eigenvalue weighted by atomic mass is 31.1. The topological polar surface area (TPSA) is 22.2 Å². The van der Waals surface area contributed by atoms with Gasteiger partial charge in [-0.25, -0.2) is 0 Å². The predicted octanol–water partition coefficient (Wildman–Crippen LogP) is 11.7. The van der Waals surface area contributed by atoms with Gasteiger partial charge in [-0.1, -0.05) is 178 Å². The lowest BCUT2D eigenvalue weighted by molar-refractivity contribution is 0.218. The van der Waals surface area contributed by atoms with Crippen molar-refractivity contribution < 1.29 is 4.74 Å². The van der Waals surface area contributed by atoms with E-state index in [2.05, 4.69) is 198 Å². The summed E-state index contributed by atoms with van der Waals surface area (Å²) in [5, 5.41) is 6.96. The van der Waals surface area contributed by atoms with Crippen LogP contribution in [-0.2, 0) is 25.0 Å². The molecule has 0 bridgehead atoms. The van der Waals surface area contributed by atoms with Gasteiger partial charge in [-0.05, 0) is 138 Å². The van der Waals surface area contributed by atoms with Crippen molar-refractivity contribution in [2.75, 3.05) is 58.9 Å². The smallest absolute Gasteiger partial charge is 0.139 e. The minimum Gasteiger partial charge on any atom is -0.455 e. The van der Waals surface area contributed by atoms with Gasteiger partial charge in [-0.2, -0.15) is 0 Å². The maximum atomic E-state index is 7.72. The molecule has 5 nitrogen and oxygen atoms in total. The Morgan fingerprint density at radius 2 is 0.833 bits per heavy atom. The normalized spacial score (nSPS) is 17.4. The molecule has 0 amide bonds. The average Bonchev–Trinajstić information content (AvgIpc) is 3.35. The van der Waals surface area contributed by atoms with Crippen LogP contribution < -0.4 is 31.3 Å². The largest absolute Gasteiger partial charge is 0.455 e. The molecule has 5 aromatic carbocycles. The number of benzene rings is 5. The Hall–Kier alpha value is -3.40. The average molecular weight is 925 g/mol. The molecule has 1 fully saturated rings. The van der Waals surface area contributed by atoms with Gasteiger partial charge in [0.1, 0.15) is 11.5 Å².